The number of nitrogens with zero attached hydrogens (tertiary/aromatic N) is 2. The second-order valence-corrected chi connectivity index (χ2v) is 5.98. The van der Waals surface area contributed by atoms with Gasteiger partial charge in [0.25, 0.3) is 0 Å². The molecule has 0 aliphatic carbocycles. The van der Waals surface area contributed by atoms with Crippen LogP contribution in [0.15, 0.2) is 39.4 Å². The number of furan rings is 1. The number of nitro groups is 1. The average molecular weight is 450 g/mol. The van der Waals surface area contributed by atoms with Gasteiger partial charge in [-0.15, -0.1) is 0 Å². The number of aromatic amines is 1. The van der Waals surface area contributed by atoms with Crippen molar-refractivity contribution in [2.45, 2.75) is 12.8 Å². The smallest absolute Gasteiger partial charge is 0.433 e. The summed E-state index contributed by atoms with van der Waals surface area (Å²) in [5.74, 6) is -1.10. The molecule has 27 heavy (non-hydrogen) atoms. The van der Waals surface area contributed by atoms with Gasteiger partial charge in [0.05, 0.1) is 15.7 Å². The van der Waals surface area contributed by atoms with Crippen LogP contribution in [0.25, 0.3) is 11.3 Å². The second-order valence-electron chi connectivity index (χ2n) is 5.18. The standard InChI is InChI=1S/C15H8BrF4N3O4/c16-12-13(21-22-14(12)15(18,19)20)8-4-10(23(24)25)11(5-9(8)17)27-6-7-2-1-3-26-7/h1-5H,6H2,(H,21,22). The summed E-state index contributed by atoms with van der Waals surface area (Å²) in [7, 11) is 0. The largest absolute Gasteiger partial charge is 0.479 e. The molecule has 142 valence electrons. The Kier molecular flexibility index (Phi) is 4.91. The van der Waals surface area contributed by atoms with Crippen LogP contribution in [0.3, 0.4) is 0 Å². The van der Waals surface area contributed by atoms with Crippen molar-refractivity contribution in [3.63, 3.8) is 0 Å². The molecular formula is C15H8BrF4N3O4. The zero-order chi connectivity index (χ0) is 19.8. The number of nitrogens with one attached hydrogen (secondary N) is 1. The van der Waals surface area contributed by atoms with E-state index in [4.69, 9.17) is 9.15 Å². The van der Waals surface area contributed by atoms with Gasteiger partial charge in [0, 0.05) is 17.7 Å². The van der Waals surface area contributed by atoms with Crippen LogP contribution in [-0.2, 0) is 12.8 Å². The van der Waals surface area contributed by atoms with Crippen LogP contribution in [0.1, 0.15) is 11.5 Å². The molecule has 0 fully saturated rings. The van der Waals surface area contributed by atoms with E-state index >= 15 is 0 Å². The fourth-order valence-electron chi connectivity index (χ4n) is 2.22. The molecule has 1 N–H and O–H groups in total. The zero-order valence-corrected chi connectivity index (χ0v) is 14.6. The molecule has 0 aliphatic rings. The molecule has 3 aromatic rings. The number of alkyl halides is 3. The van der Waals surface area contributed by atoms with Crippen LogP contribution in [0.4, 0.5) is 23.2 Å². The highest BCUT2D eigenvalue weighted by atomic mass is 79.9. The van der Waals surface area contributed by atoms with Gasteiger partial charge in [-0.1, -0.05) is 0 Å². The maximum absolute atomic E-state index is 14.4. The third kappa shape index (κ3) is 3.79. The van der Waals surface area contributed by atoms with Gasteiger partial charge < -0.3 is 9.15 Å². The van der Waals surface area contributed by atoms with Crippen molar-refractivity contribution in [3.05, 3.63) is 62.4 Å². The fourth-order valence-corrected chi connectivity index (χ4v) is 2.84. The number of rotatable bonds is 5. The van der Waals surface area contributed by atoms with Crippen molar-refractivity contribution >= 4 is 21.6 Å². The van der Waals surface area contributed by atoms with E-state index in [0.29, 0.717) is 11.8 Å². The predicted molar refractivity (Wildman–Crippen MR) is 86.4 cm³/mol. The minimum absolute atomic E-state index is 0.197. The Morgan fingerprint density at radius 2 is 2.11 bits per heavy atom. The lowest BCUT2D eigenvalue weighted by molar-refractivity contribution is -0.385. The quantitative estimate of drug-likeness (QED) is 0.333. The molecule has 0 aliphatic heterocycles. The van der Waals surface area contributed by atoms with Crippen molar-refractivity contribution in [1.29, 1.82) is 0 Å². The zero-order valence-electron chi connectivity index (χ0n) is 13.0. The first-order valence-corrected chi connectivity index (χ1v) is 7.92. The van der Waals surface area contributed by atoms with Gasteiger partial charge in [0.2, 0.25) is 5.75 Å². The SMILES string of the molecule is O=[N+]([O-])c1cc(-c2n[nH]c(C(F)(F)F)c2Br)c(F)cc1OCc1ccco1. The van der Waals surface area contributed by atoms with Crippen molar-refractivity contribution in [2.24, 2.45) is 0 Å². The van der Waals surface area contributed by atoms with Crippen molar-refractivity contribution in [3.8, 4) is 17.0 Å². The summed E-state index contributed by atoms with van der Waals surface area (Å²) in [6.45, 7) is -0.197. The molecule has 1 aromatic carbocycles. The van der Waals surface area contributed by atoms with Crippen LogP contribution >= 0.6 is 15.9 Å². The Bertz CT molecular complexity index is 986. The molecule has 0 saturated heterocycles. The van der Waals surface area contributed by atoms with Crippen molar-refractivity contribution < 1.29 is 31.6 Å². The maximum Gasteiger partial charge on any atom is 0.433 e. The summed E-state index contributed by atoms with van der Waals surface area (Å²) in [5.41, 5.74) is -2.83. The lowest BCUT2D eigenvalue weighted by Crippen LogP contribution is -2.06. The monoisotopic (exact) mass is 449 g/mol. The van der Waals surface area contributed by atoms with E-state index in [9.17, 15) is 27.7 Å². The molecule has 7 nitrogen and oxygen atoms in total. The molecule has 0 atom stereocenters. The molecule has 0 amide bonds. The number of aromatic nitrogens is 2. The summed E-state index contributed by atoms with van der Waals surface area (Å²) in [6.07, 6.45) is -3.40. The van der Waals surface area contributed by atoms with Gasteiger partial charge in [0.1, 0.15) is 23.9 Å². The van der Waals surface area contributed by atoms with Gasteiger partial charge >= 0.3 is 11.9 Å². The first-order chi connectivity index (χ1) is 12.7. The average Bonchev–Trinajstić information content (AvgIpc) is 3.21. The van der Waals surface area contributed by atoms with Gasteiger partial charge in [0.15, 0.2) is 5.69 Å². The summed E-state index contributed by atoms with van der Waals surface area (Å²) < 4.78 is 62.7. The van der Waals surface area contributed by atoms with Gasteiger partial charge in [-0.3, -0.25) is 15.2 Å². The van der Waals surface area contributed by atoms with Crippen molar-refractivity contribution in [1.82, 2.24) is 10.2 Å². The molecule has 0 spiro atoms. The van der Waals surface area contributed by atoms with Crippen LogP contribution in [0.5, 0.6) is 5.75 Å². The van der Waals surface area contributed by atoms with Gasteiger partial charge in [-0.05, 0) is 28.1 Å². The summed E-state index contributed by atoms with van der Waals surface area (Å²) >= 11 is 2.70. The summed E-state index contributed by atoms with van der Waals surface area (Å²) in [5, 5.41) is 16.5. The van der Waals surface area contributed by atoms with Crippen LogP contribution in [-0.4, -0.2) is 15.1 Å². The molecule has 0 bridgehead atoms. The normalized spacial score (nSPS) is 11.6. The fraction of sp³-hybridized carbons (Fsp3) is 0.133. The van der Waals surface area contributed by atoms with E-state index < -0.39 is 49.8 Å². The lowest BCUT2D eigenvalue weighted by atomic mass is 10.1. The second kappa shape index (κ2) is 7.02. The van der Waals surface area contributed by atoms with Gasteiger partial charge in [-0.2, -0.15) is 18.3 Å². The highest BCUT2D eigenvalue weighted by Gasteiger charge is 2.37. The third-order valence-electron chi connectivity index (χ3n) is 3.44. The maximum atomic E-state index is 14.4. The topological polar surface area (TPSA) is 94.2 Å². The summed E-state index contributed by atoms with van der Waals surface area (Å²) in [6, 6.07) is 4.60. The van der Waals surface area contributed by atoms with E-state index in [1.807, 2.05) is 0 Å². The minimum Gasteiger partial charge on any atom is -0.479 e. The summed E-state index contributed by atoms with van der Waals surface area (Å²) in [4.78, 5) is 10.4. The number of H-pyrrole nitrogens is 1. The van der Waals surface area contributed by atoms with E-state index in [2.05, 4.69) is 21.0 Å². The Morgan fingerprint density at radius 1 is 1.37 bits per heavy atom. The molecule has 3 rings (SSSR count). The molecular weight excluding hydrogens is 442 g/mol. The number of benzene rings is 1. The van der Waals surface area contributed by atoms with Crippen LogP contribution in [0, 0.1) is 15.9 Å². The number of hydrogen-bond donors (Lipinski definition) is 1. The number of nitro benzene ring substituents is 1. The molecule has 0 unspecified atom stereocenters. The third-order valence-corrected chi connectivity index (χ3v) is 4.21. The van der Waals surface area contributed by atoms with E-state index in [-0.39, 0.29) is 6.61 Å². The molecule has 0 saturated carbocycles. The lowest BCUT2D eigenvalue weighted by Gasteiger charge is -2.08. The van der Waals surface area contributed by atoms with Crippen LogP contribution < -0.4 is 4.74 Å². The number of halogens is 5. The Hall–Kier alpha value is -2.89. The molecule has 2 aromatic heterocycles. The molecule has 12 heteroatoms. The minimum atomic E-state index is -4.77. The highest BCUT2D eigenvalue weighted by Crippen LogP contribution is 2.41. The Labute approximate surface area is 156 Å². The first kappa shape index (κ1) is 18.9. The highest BCUT2D eigenvalue weighted by molar-refractivity contribution is 9.10. The van der Waals surface area contributed by atoms with Gasteiger partial charge in [-0.25, -0.2) is 4.39 Å². The van der Waals surface area contributed by atoms with Crippen LogP contribution in [0.2, 0.25) is 0 Å². The Morgan fingerprint density at radius 3 is 2.67 bits per heavy atom. The molecule has 0 radical (unpaired) electrons. The van der Waals surface area contributed by atoms with E-state index in [0.717, 1.165) is 6.07 Å². The predicted octanol–water partition coefficient (Wildman–Crippen LogP) is 5.08. The van der Waals surface area contributed by atoms with E-state index in [1.54, 1.807) is 17.2 Å². The Balaban J connectivity index is 2.02. The van der Waals surface area contributed by atoms with Crippen molar-refractivity contribution in [2.75, 3.05) is 0 Å². The molecule has 2 heterocycles. The first-order valence-electron chi connectivity index (χ1n) is 7.13. The number of hydrogen-bond acceptors (Lipinski definition) is 5. The number of ether oxygens (including phenoxy) is 1. The van der Waals surface area contributed by atoms with E-state index in [1.165, 1.54) is 6.26 Å².